The zero-order valence-electron chi connectivity index (χ0n) is 11.2. The first-order chi connectivity index (χ1) is 9.50. The topological polar surface area (TPSA) is 78.0 Å². The molecule has 0 amide bonds. The van der Waals surface area contributed by atoms with Gasteiger partial charge in [-0.25, -0.2) is 13.1 Å². The van der Waals surface area contributed by atoms with E-state index >= 15 is 0 Å². The van der Waals surface area contributed by atoms with Gasteiger partial charge < -0.3 is 5.73 Å². The summed E-state index contributed by atoms with van der Waals surface area (Å²) in [5, 5.41) is 6.59. The normalized spacial score (nSPS) is 21.4. The van der Waals surface area contributed by atoms with Crippen LogP contribution >= 0.6 is 11.3 Å². The molecule has 2 N–H and O–H groups in total. The van der Waals surface area contributed by atoms with Crippen molar-refractivity contribution in [2.45, 2.75) is 25.8 Å². The summed E-state index contributed by atoms with van der Waals surface area (Å²) in [5.41, 5.74) is 8.11. The maximum Gasteiger partial charge on any atom is 0.152 e. The fourth-order valence-electron chi connectivity index (χ4n) is 2.62. The van der Waals surface area contributed by atoms with E-state index in [1.54, 1.807) is 16.0 Å². The molecule has 1 aliphatic heterocycles. The Balaban J connectivity index is 1.96. The minimum atomic E-state index is -2.93. The molecular formula is C13H17N3O2S2. The molecule has 0 radical (unpaired) electrons. The summed E-state index contributed by atoms with van der Waals surface area (Å²) in [6.07, 6.45) is 1.54. The number of nitrogens with two attached hydrogens (primary N) is 1. The molecule has 1 unspecified atom stereocenters. The van der Waals surface area contributed by atoms with E-state index in [1.165, 1.54) is 5.56 Å². The second-order valence-electron chi connectivity index (χ2n) is 5.08. The Labute approximate surface area is 122 Å². The van der Waals surface area contributed by atoms with E-state index < -0.39 is 9.84 Å². The van der Waals surface area contributed by atoms with Crippen molar-refractivity contribution in [3.8, 4) is 10.6 Å². The summed E-state index contributed by atoms with van der Waals surface area (Å²) in [6.45, 7) is 2.11. The highest BCUT2D eigenvalue weighted by molar-refractivity contribution is 7.91. The van der Waals surface area contributed by atoms with Crippen LogP contribution in [0.4, 0.5) is 5.82 Å². The van der Waals surface area contributed by atoms with E-state index in [2.05, 4.69) is 18.1 Å². The van der Waals surface area contributed by atoms with Crippen molar-refractivity contribution in [1.82, 2.24) is 9.78 Å². The third-order valence-electron chi connectivity index (χ3n) is 3.68. The maximum atomic E-state index is 11.6. The minimum absolute atomic E-state index is 0.126. The summed E-state index contributed by atoms with van der Waals surface area (Å²) in [5.74, 6) is 0.909. The molecule has 2 aromatic rings. The number of rotatable bonds is 3. The summed E-state index contributed by atoms with van der Waals surface area (Å²) < 4.78 is 24.8. The van der Waals surface area contributed by atoms with Gasteiger partial charge in [0.15, 0.2) is 9.84 Å². The van der Waals surface area contributed by atoms with Gasteiger partial charge in [0.25, 0.3) is 0 Å². The molecule has 3 heterocycles. The van der Waals surface area contributed by atoms with Crippen molar-refractivity contribution in [3.63, 3.8) is 0 Å². The molecule has 2 aromatic heterocycles. The van der Waals surface area contributed by atoms with Gasteiger partial charge in [-0.15, -0.1) is 11.3 Å². The molecule has 0 aliphatic carbocycles. The van der Waals surface area contributed by atoms with Crippen LogP contribution in [-0.2, 0) is 16.3 Å². The number of nitrogen functional groups attached to an aromatic ring is 1. The van der Waals surface area contributed by atoms with Crippen molar-refractivity contribution in [1.29, 1.82) is 0 Å². The molecule has 1 saturated heterocycles. The number of anilines is 1. The fourth-order valence-corrected chi connectivity index (χ4v) is 5.26. The van der Waals surface area contributed by atoms with Crippen LogP contribution in [0.3, 0.4) is 0 Å². The Hall–Kier alpha value is -1.34. The van der Waals surface area contributed by atoms with Crippen molar-refractivity contribution >= 4 is 27.0 Å². The molecular weight excluding hydrogens is 294 g/mol. The van der Waals surface area contributed by atoms with Gasteiger partial charge in [0.1, 0.15) is 11.5 Å². The summed E-state index contributed by atoms with van der Waals surface area (Å²) >= 11 is 1.64. The first-order valence-corrected chi connectivity index (χ1v) is 9.32. The van der Waals surface area contributed by atoms with Crippen LogP contribution in [-0.4, -0.2) is 29.7 Å². The molecule has 7 heteroatoms. The van der Waals surface area contributed by atoms with Gasteiger partial charge in [-0.2, -0.15) is 5.10 Å². The quantitative estimate of drug-likeness (QED) is 0.941. The second kappa shape index (κ2) is 4.89. The summed E-state index contributed by atoms with van der Waals surface area (Å²) in [4.78, 5) is 1.12. The molecule has 1 aliphatic rings. The standard InChI is InChI=1S/C13H17N3O2S2/c1-2-9-3-5-19-13(9)11-7-12(14)16(15-11)10-4-6-20(17,18)8-10/h3,5,7,10H,2,4,6,8,14H2,1H3. The number of nitrogens with zero attached hydrogens (tertiary/aromatic N) is 2. The van der Waals surface area contributed by atoms with Gasteiger partial charge in [-0.3, -0.25) is 0 Å². The van der Waals surface area contributed by atoms with Gasteiger partial charge in [0, 0.05) is 6.07 Å². The first kappa shape index (κ1) is 13.6. The van der Waals surface area contributed by atoms with Crippen LogP contribution in [0, 0.1) is 0 Å². The van der Waals surface area contributed by atoms with Crippen molar-refractivity contribution < 1.29 is 8.42 Å². The van der Waals surface area contributed by atoms with Crippen molar-refractivity contribution in [2.24, 2.45) is 0 Å². The third-order valence-corrected chi connectivity index (χ3v) is 6.41. The van der Waals surface area contributed by atoms with Crippen LogP contribution in [0.15, 0.2) is 17.5 Å². The lowest BCUT2D eigenvalue weighted by Crippen LogP contribution is -2.14. The van der Waals surface area contributed by atoms with Gasteiger partial charge in [0.05, 0.1) is 22.4 Å². The Morgan fingerprint density at radius 1 is 1.55 bits per heavy atom. The van der Waals surface area contributed by atoms with Crippen LogP contribution in [0.25, 0.3) is 10.6 Å². The highest BCUT2D eigenvalue weighted by Gasteiger charge is 2.31. The summed E-state index contributed by atoms with van der Waals surface area (Å²) in [7, 11) is -2.93. The van der Waals surface area contributed by atoms with Crippen LogP contribution < -0.4 is 5.73 Å². The van der Waals surface area contributed by atoms with Crippen LogP contribution in [0.5, 0.6) is 0 Å². The average Bonchev–Trinajstić information content (AvgIpc) is 3.06. The van der Waals surface area contributed by atoms with Crippen molar-refractivity contribution in [3.05, 3.63) is 23.1 Å². The second-order valence-corrected chi connectivity index (χ2v) is 8.23. The third kappa shape index (κ3) is 2.35. The van der Waals surface area contributed by atoms with Crippen molar-refractivity contribution in [2.75, 3.05) is 17.2 Å². The van der Waals surface area contributed by atoms with E-state index in [9.17, 15) is 8.42 Å². The van der Waals surface area contributed by atoms with E-state index in [-0.39, 0.29) is 17.5 Å². The maximum absolute atomic E-state index is 11.6. The Morgan fingerprint density at radius 2 is 2.35 bits per heavy atom. The Morgan fingerprint density at radius 3 is 3.00 bits per heavy atom. The lowest BCUT2D eigenvalue weighted by atomic mass is 10.2. The zero-order valence-corrected chi connectivity index (χ0v) is 12.9. The SMILES string of the molecule is CCc1ccsc1-c1cc(N)n(C2CCS(=O)(=O)C2)n1. The molecule has 3 rings (SSSR count). The highest BCUT2D eigenvalue weighted by Crippen LogP contribution is 2.33. The number of aryl methyl sites for hydroxylation is 1. The first-order valence-electron chi connectivity index (χ1n) is 6.62. The predicted octanol–water partition coefficient (Wildman–Crippen LogP) is 2.12. The van der Waals surface area contributed by atoms with Gasteiger partial charge in [-0.05, 0) is 29.9 Å². The summed E-state index contributed by atoms with van der Waals surface area (Å²) in [6, 6.07) is 3.81. The number of sulfone groups is 1. The number of thiophene rings is 1. The van der Waals surface area contributed by atoms with Crippen LogP contribution in [0.1, 0.15) is 24.9 Å². The number of hydrogen-bond acceptors (Lipinski definition) is 5. The largest absolute Gasteiger partial charge is 0.384 e. The zero-order chi connectivity index (χ0) is 14.3. The van der Waals surface area contributed by atoms with E-state index in [1.807, 2.05) is 11.4 Å². The molecule has 0 bridgehead atoms. The monoisotopic (exact) mass is 311 g/mol. The Kier molecular flexibility index (Phi) is 3.33. The lowest BCUT2D eigenvalue weighted by Gasteiger charge is -2.09. The van der Waals surface area contributed by atoms with Gasteiger partial charge >= 0.3 is 0 Å². The molecule has 0 spiro atoms. The molecule has 108 valence electrons. The smallest absolute Gasteiger partial charge is 0.152 e. The average molecular weight is 311 g/mol. The molecule has 0 saturated carbocycles. The van der Waals surface area contributed by atoms with Gasteiger partial charge in [-0.1, -0.05) is 6.92 Å². The van der Waals surface area contributed by atoms with E-state index in [0.29, 0.717) is 12.2 Å². The number of aromatic nitrogens is 2. The minimum Gasteiger partial charge on any atom is -0.384 e. The van der Waals surface area contributed by atoms with E-state index in [0.717, 1.165) is 17.0 Å². The predicted molar refractivity (Wildman–Crippen MR) is 81.6 cm³/mol. The van der Waals surface area contributed by atoms with Gasteiger partial charge in [0.2, 0.25) is 0 Å². The van der Waals surface area contributed by atoms with E-state index in [4.69, 9.17) is 5.73 Å². The fraction of sp³-hybridized carbons (Fsp3) is 0.462. The molecule has 20 heavy (non-hydrogen) atoms. The lowest BCUT2D eigenvalue weighted by molar-refractivity contribution is 0.508. The highest BCUT2D eigenvalue weighted by atomic mass is 32.2. The molecule has 1 atom stereocenters. The Bertz CT molecular complexity index is 731. The molecule has 1 fully saturated rings. The molecule has 0 aromatic carbocycles. The van der Waals surface area contributed by atoms with Crippen LogP contribution in [0.2, 0.25) is 0 Å². The molecule has 5 nitrogen and oxygen atoms in total. The number of hydrogen-bond donors (Lipinski definition) is 1.